The van der Waals surface area contributed by atoms with E-state index in [0.29, 0.717) is 6.54 Å². The predicted molar refractivity (Wildman–Crippen MR) is 48.1 cm³/mol. The van der Waals surface area contributed by atoms with Gasteiger partial charge in [0.25, 0.3) is 0 Å². The average Bonchev–Trinajstić information content (AvgIpc) is 2.02. The van der Waals surface area contributed by atoms with Gasteiger partial charge in [-0.25, -0.2) is 4.79 Å². The van der Waals surface area contributed by atoms with E-state index in [4.69, 9.17) is 5.11 Å². The predicted octanol–water partition coefficient (Wildman–Crippen LogP) is 1.08. The molecule has 0 aromatic heterocycles. The number of rotatable bonds is 1. The van der Waals surface area contributed by atoms with E-state index in [1.54, 1.807) is 0 Å². The molecule has 0 aromatic carbocycles. The molecule has 0 radical (unpaired) electrons. The Hall–Kier alpha value is -1.45. The molecule has 0 aliphatic carbocycles. The maximum atomic E-state index is 10.7. The molecule has 1 amide bonds. The number of nitrogens with zero attached hydrogens (tertiary/aromatic N) is 2. The van der Waals surface area contributed by atoms with Crippen molar-refractivity contribution in [3.8, 4) is 0 Å². The van der Waals surface area contributed by atoms with Gasteiger partial charge in [0.15, 0.2) is 0 Å². The number of likely N-dealkylation sites (tertiary alicyclic amines) is 1. The first-order valence-corrected chi connectivity index (χ1v) is 4.37. The summed E-state index contributed by atoms with van der Waals surface area (Å²) in [7, 11) is 0. The second kappa shape index (κ2) is 3.12. The molecule has 1 atom stereocenters. The molecule has 1 fully saturated rings. The SMILES string of the molecule is O=C(O)N1CCC1N1C=CC=CC1. The number of carboxylic acid groups (broad SMARTS) is 1. The summed E-state index contributed by atoms with van der Waals surface area (Å²) in [5.41, 5.74) is 0. The van der Waals surface area contributed by atoms with E-state index >= 15 is 0 Å². The van der Waals surface area contributed by atoms with Crippen molar-refractivity contribution in [3.63, 3.8) is 0 Å². The van der Waals surface area contributed by atoms with Gasteiger partial charge >= 0.3 is 6.09 Å². The Morgan fingerprint density at radius 1 is 1.46 bits per heavy atom. The molecule has 0 bridgehead atoms. The van der Waals surface area contributed by atoms with Crippen LogP contribution in [-0.2, 0) is 0 Å². The molecule has 1 N–H and O–H groups in total. The molecule has 0 aromatic rings. The van der Waals surface area contributed by atoms with Gasteiger partial charge in [-0.3, -0.25) is 4.90 Å². The standard InChI is InChI=1S/C9H12N2O2/c12-9(13)11-7-4-8(11)10-5-2-1-3-6-10/h1-3,5,8H,4,6-7H2,(H,12,13). The Bertz CT molecular complexity index is 273. The minimum atomic E-state index is -0.820. The van der Waals surface area contributed by atoms with Crippen LogP contribution in [0.25, 0.3) is 0 Å². The molecule has 13 heavy (non-hydrogen) atoms. The number of allylic oxidation sites excluding steroid dienone is 2. The molecule has 4 heteroatoms. The van der Waals surface area contributed by atoms with Crippen LogP contribution in [0.1, 0.15) is 6.42 Å². The Balaban J connectivity index is 1.98. The van der Waals surface area contributed by atoms with Gasteiger partial charge in [-0.15, -0.1) is 0 Å². The van der Waals surface area contributed by atoms with Gasteiger partial charge in [-0.05, 0) is 6.08 Å². The lowest BCUT2D eigenvalue weighted by molar-refractivity contribution is 0.00724. The zero-order chi connectivity index (χ0) is 9.26. The summed E-state index contributed by atoms with van der Waals surface area (Å²) < 4.78 is 0. The molecule has 2 aliphatic rings. The highest BCUT2D eigenvalue weighted by atomic mass is 16.4. The number of amides is 1. The van der Waals surface area contributed by atoms with E-state index in [1.807, 2.05) is 29.3 Å². The molecule has 0 spiro atoms. The van der Waals surface area contributed by atoms with Gasteiger partial charge in [-0.2, -0.15) is 0 Å². The number of hydrogen-bond donors (Lipinski definition) is 1. The molecule has 4 nitrogen and oxygen atoms in total. The van der Waals surface area contributed by atoms with E-state index in [9.17, 15) is 4.79 Å². The van der Waals surface area contributed by atoms with Crippen LogP contribution in [0, 0.1) is 0 Å². The molecule has 0 saturated carbocycles. The van der Waals surface area contributed by atoms with E-state index < -0.39 is 6.09 Å². The monoisotopic (exact) mass is 180 g/mol. The van der Waals surface area contributed by atoms with Crippen LogP contribution in [0.2, 0.25) is 0 Å². The summed E-state index contributed by atoms with van der Waals surface area (Å²) in [6.07, 6.45) is 8.04. The Morgan fingerprint density at radius 3 is 2.77 bits per heavy atom. The van der Waals surface area contributed by atoms with E-state index in [0.717, 1.165) is 13.0 Å². The van der Waals surface area contributed by atoms with Crippen molar-refractivity contribution in [3.05, 3.63) is 24.4 Å². The molecule has 2 aliphatic heterocycles. The fourth-order valence-electron chi connectivity index (χ4n) is 1.64. The van der Waals surface area contributed by atoms with Gasteiger partial charge < -0.3 is 10.0 Å². The quantitative estimate of drug-likeness (QED) is 0.656. The van der Waals surface area contributed by atoms with Crippen LogP contribution >= 0.6 is 0 Å². The minimum Gasteiger partial charge on any atom is -0.465 e. The van der Waals surface area contributed by atoms with Crippen molar-refractivity contribution in [2.24, 2.45) is 0 Å². The van der Waals surface area contributed by atoms with Gasteiger partial charge in [0, 0.05) is 25.7 Å². The molecule has 2 heterocycles. The lowest BCUT2D eigenvalue weighted by Crippen LogP contribution is -2.58. The van der Waals surface area contributed by atoms with Gasteiger partial charge in [0.05, 0.1) is 0 Å². The van der Waals surface area contributed by atoms with E-state index in [2.05, 4.69) is 0 Å². The Labute approximate surface area is 76.7 Å². The molecular formula is C9H12N2O2. The zero-order valence-electron chi connectivity index (χ0n) is 7.26. The summed E-state index contributed by atoms with van der Waals surface area (Å²) >= 11 is 0. The molecule has 1 unspecified atom stereocenters. The third-order valence-corrected chi connectivity index (χ3v) is 2.46. The maximum absolute atomic E-state index is 10.7. The summed E-state index contributed by atoms with van der Waals surface area (Å²) in [4.78, 5) is 14.2. The largest absolute Gasteiger partial charge is 0.465 e. The van der Waals surface area contributed by atoms with Crippen molar-refractivity contribution < 1.29 is 9.90 Å². The van der Waals surface area contributed by atoms with Crippen molar-refractivity contribution in [2.75, 3.05) is 13.1 Å². The lowest BCUT2D eigenvalue weighted by Gasteiger charge is -2.45. The second-order valence-corrected chi connectivity index (χ2v) is 3.21. The number of hydrogen-bond acceptors (Lipinski definition) is 2. The van der Waals surface area contributed by atoms with Crippen LogP contribution in [0.5, 0.6) is 0 Å². The lowest BCUT2D eigenvalue weighted by atomic mass is 10.1. The smallest absolute Gasteiger partial charge is 0.408 e. The summed E-state index contributed by atoms with van der Waals surface area (Å²) in [6.45, 7) is 1.47. The van der Waals surface area contributed by atoms with Crippen molar-refractivity contribution in [2.45, 2.75) is 12.6 Å². The van der Waals surface area contributed by atoms with Crippen LogP contribution < -0.4 is 0 Å². The van der Waals surface area contributed by atoms with Crippen LogP contribution in [0.15, 0.2) is 24.4 Å². The highest BCUT2D eigenvalue weighted by molar-refractivity contribution is 5.66. The second-order valence-electron chi connectivity index (χ2n) is 3.21. The van der Waals surface area contributed by atoms with E-state index in [1.165, 1.54) is 4.90 Å². The van der Waals surface area contributed by atoms with Crippen molar-refractivity contribution >= 4 is 6.09 Å². The number of carbonyl (C=O) groups is 1. The first-order chi connectivity index (χ1) is 6.29. The normalized spacial score (nSPS) is 26.0. The summed E-state index contributed by atoms with van der Waals surface area (Å²) in [6, 6.07) is 0. The molecular weight excluding hydrogens is 168 g/mol. The van der Waals surface area contributed by atoms with Gasteiger partial charge in [0.2, 0.25) is 0 Å². The third-order valence-electron chi connectivity index (χ3n) is 2.46. The first-order valence-electron chi connectivity index (χ1n) is 4.37. The van der Waals surface area contributed by atoms with Crippen LogP contribution in [0.3, 0.4) is 0 Å². The van der Waals surface area contributed by atoms with Crippen molar-refractivity contribution in [1.82, 2.24) is 9.80 Å². The fourth-order valence-corrected chi connectivity index (χ4v) is 1.64. The third kappa shape index (κ3) is 1.39. The maximum Gasteiger partial charge on any atom is 0.408 e. The fraction of sp³-hybridized carbons (Fsp3) is 0.444. The zero-order valence-corrected chi connectivity index (χ0v) is 7.26. The van der Waals surface area contributed by atoms with Gasteiger partial charge in [-0.1, -0.05) is 12.2 Å². The van der Waals surface area contributed by atoms with E-state index in [-0.39, 0.29) is 6.17 Å². The topological polar surface area (TPSA) is 43.8 Å². The summed E-state index contributed by atoms with van der Waals surface area (Å²) in [5.74, 6) is 0. The van der Waals surface area contributed by atoms with Crippen LogP contribution in [-0.4, -0.2) is 40.3 Å². The minimum absolute atomic E-state index is 0.0544. The molecule has 1 saturated heterocycles. The Kier molecular flexibility index (Phi) is 1.96. The van der Waals surface area contributed by atoms with Gasteiger partial charge in [0.1, 0.15) is 6.17 Å². The molecule has 2 rings (SSSR count). The average molecular weight is 180 g/mol. The molecule has 70 valence electrons. The summed E-state index contributed by atoms with van der Waals surface area (Å²) in [5, 5.41) is 8.79. The van der Waals surface area contributed by atoms with Crippen LogP contribution in [0.4, 0.5) is 4.79 Å². The highest BCUT2D eigenvalue weighted by Gasteiger charge is 2.35. The Morgan fingerprint density at radius 2 is 2.31 bits per heavy atom. The highest BCUT2D eigenvalue weighted by Crippen LogP contribution is 2.22. The first kappa shape index (κ1) is 8.16. The van der Waals surface area contributed by atoms with Crippen molar-refractivity contribution in [1.29, 1.82) is 0 Å².